The maximum absolute atomic E-state index is 12.6. The van der Waals surface area contributed by atoms with Crippen LogP contribution in [0.2, 0.25) is 0 Å². The first-order chi connectivity index (χ1) is 13.1. The van der Waals surface area contributed by atoms with Crippen molar-refractivity contribution in [2.24, 2.45) is 10.9 Å². The zero-order chi connectivity index (χ0) is 18.8. The van der Waals surface area contributed by atoms with Gasteiger partial charge >= 0.3 is 0 Å². The minimum atomic E-state index is -0.159. The van der Waals surface area contributed by atoms with Crippen LogP contribution in [-0.2, 0) is 4.74 Å². The summed E-state index contributed by atoms with van der Waals surface area (Å²) in [5.41, 5.74) is 2.53. The molecule has 2 saturated heterocycles. The van der Waals surface area contributed by atoms with Gasteiger partial charge in [-0.15, -0.1) is 11.8 Å². The fourth-order valence-electron chi connectivity index (χ4n) is 4.14. The Morgan fingerprint density at radius 3 is 3.15 bits per heavy atom. The average molecular weight is 454 g/mol. The molecule has 2 N–H and O–H groups in total. The summed E-state index contributed by atoms with van der Waals surface area (Å²) in [7, 11) is 1.59. The van der Waals surface area contributed by atoms with Crippen LogP contribution < -0.4 is 15.4 Å². The molecule has 0 radical (unpaired) electrons. The second-order valence-corrected chi connectivity index (χ2v) is 9.15. The first-order valence-electron chi connectivity index (χ1n) is 9.31. The largest absolute Gasteiger partial charge is 0.497 e. The van der Waals surface area contributed by atoms with Gasteiger partial charge in [0.15, 0.2) is 0 Å². The summed E-state index contributed by atoms with van der Waals surface area (Å²) in [5, 5.41) is 7.11. The van der Waals surface area contributed by atoms with E-state index in [0.29, 0.717) is 35.1 Å². The molecule has 3 heterocycles. The lowest BCUT2D eigenvalue weighted by Gasteiger charge is -2.34. The van der Waals surface area contributed by atoms with E-state index in [1.165, 1.54) is 0 Å². The van der Waals surface area contributed by atoms with E-state index in [4.69, 9.17) is 9.47 Å². The second kappa shape index (κ2) is 8.51. The van der Waals surface area contributed by atoms with Gasteiger partial charge in [0, 0.05) is 21.7 Å². The molecule has 1 aliphatic carbocycles. The van der Waals surface area contributed by atoms with Crippen LogP contribution in [-0.4, -0.2) is 55.3 Å². The molecule has 1 aromatic carbocycles. The number of thioether (sulfide) groups is 1. The van der Waals surface area contributed by atoms with Crippen LogP contribution >= 0.6 is 27.7 Å². The van der Waals surface area contributed by atoms with Crippen molar-refractivity contribution in [1.82, 2.24) is 10.6 Å². The molecule has 1 amide bonds. The van der Waals surface area contributed by atoms with Crippen LogP contribution in [0.15, 0.2) is 27.7 Å². The third-order valence-electron chi connectivity index (χ3n) is 5.53. The van der Waals surface area contributed by atoms with Crippen molar-refractivity contribution in [1.29, 1.82) is 0 Å². The van der Waals surface area contributed by atoms with Crippen LogP contribution in [0.3, 0.4) is 0 Å². The molecule has 4 aliphatic rings. The predicted octanol–water partition coefficient (Wildman–Crippen LogP) is 2.81. The van der Waals surface area contributed by atoms with Crippen LogP contribution in [0.5, 0.6) is 5.75 Å². The molecule has 3 fully saturated rings. The third kappa shape index (κ3) is 4.34. The predicted molar refractivity (Wildman–Crippen MR) is 111 cm³/mol. The van der Waals surface area contributed by atoms with Crippen LogP contribution in [0, 0.1) is 5.92 Å². The Balaban J connectivity index is 1.37. The van der Waals surface area contributed by atoms with Gasteiger partial charge in [0.2, 0.25) is 0 Å². The highest BCUT2D eigenvalue weighted by molar-refractivity contribution is 9.10. The van der Waals surface area contributed by atoms with Crippen LogP contribution in [0.1, 0.15) is 29.6 Å². The molecular formula is C19H24BrN3O3S. The Labute approximate surface area is 172 Å². The van der Waals surface area contributed by atoms with Crippen molar-refractivity contribution in [3.05, 3.63) is 28.2 Å². The Morgan fingerprint density at radius 2 is 2.37 bits per heavy atom. The zero-order valence-corrected chi connectivity index (χ0v) is 17.6. The van der Waals surface area contributed by atoms with Gasteiger partial charge in [-0.2, -0.15) is 0 Å². The van der Waals surface area contributed by atoms with E-state index < -0.39 is 0 Å². The van der Waals surface area contributed by atoms with Crippen LogP contribution in [0.25, 0.3) is 0 Å². The summed E-state index contributed by atoms with van der Waals surface area (Å²) in [6.45, 7) is 1.34. The molecule has 5 rings (SSSR count). The van der Waals surface area contributed by atoms with Crippen molar-refractivity contribution in [2.75, 3.05) is 20.2 Å². The number of nitrogens with one attached hydrogen (secondary N) is 2. The third-order valence-corrected chi connectivity index (χ3v) is 7.34. The van der Waals surface area contributed by atoms with Crippen LogP contribution in [0.4, 0.5) is 0 Å². The number of fused-ring (bicyclic) bond motifs is 4. The van der Waals surface area contributed by atoms with Crippen molar-refractivity contribution >= 4 is 39.1 Å². The van der Waals surface area contributed by atoms with E-state index in [1.54, 1.807) is 13.2 Å². The number of rotatable bonds is 5. The molecule has 3 aliphatic heterocycles. The molecule has 0 aromatic heterocycles. The monoisotopic (exact) mass is 453 g/mol. The lowest BCUT2D eigenvalue weighted by atomic mass is 9.81. The number of nitrogens with zero attached hydrogens (tertiary/aromatic N) is 1. The number of methoxy groups -OCH3 is 1. The maximum Gasteiger partial charge on any atom is 0.252 e. The lowest BCUT2D eigenvalue weighted by molar-refractivity contribution is -0.0386. The number of halogens is 1. The van der Waals surface area contributed by atoms with Gasteiger partial charge in [-0.1, -0.05) is 0 Å². The lowest BCUT2D eigenvalue weighted by Crippen LogP contribution is -2.45. The second-order valence-electron chi connectivity index (χ2n) is 7.20. The highest BCUT2D eigenvalue weighted by atomic mass is 79.9. The molecular weight excluding hydrogens is 430 g/mol. The number of ether oxygens (including phenoxy) is 2. The highest BCUT2D eigenvalue weighted by Gasteiger charge is 2.42. The van der Waals surface area contributed by atoms with Gasteiger partial charge in [-0.05, 0) is 53.4 Å². The first-order valence-corrected chi connectivity index (χ1v) is 11.0. The number of hydrogen-bond donors (Lipinski definition) is 2. The number of amides is 1. The molecule has 0 spiro atoms. The van der Waals surface area contributed by atoms with Gasteiger partial charge in [0.1, 0.15) is 12.0 Å². The van der Waals surface area contributed by atoms with E-state index >= 15 is 0 Å². The quantitative estimate of drug-likeness (QED) is 0.716. The van der Waals surface area contributed by atoms with E-state index in [1.807, 2.05) is 29.4 Å². The van der Waals surface area contributed by atoms with Gasteiger partial charge in [0.25, 0.3) is 5.91 Å². The number of aliphatic imine (C=N–C) groups is 1. The van der Waals surface area contributed by atoms with E-state index in [9.17, 15) is 4.79 Å². The number of hydrogen-bond acceptors (Lipinski definition) is 6. The minimum Gasteiger partial charge on any atom is -0.497 e. The topological polar surface area (TPSA) is 72.0 Å². The summed E-state index contributed by atoms with van der Waals surface area (Å²) in [4.78, 5) is 17.0. The molecule has 146 valence electrons. The smallest absolute Gasteiger partial charge is 0.252 e. The fraction of sp³-hybridized carbons (Fsp3) is 0.579. The molecule has 27 heavy (non-hydrogen) atoms. The fourth-order valence-corrected chi connectivity index (χ4v) is 5.56. The number of benzene rings is 1. The zero-order valence-electron chi connectivity index (χ0n) is 15.2. The van der Waals surface area contributed by atoms with E-state index in [-0.39, 0.29) is 18.2 Å². The minimum absolute atomic E-state index is 0.140. The normalized spacial score (nSPS) is 32.3. The Hall–Kier alpha value is -1.09. The van der Waals surface area contributed by atoms with E-state index in [0.717, 1.165) is 30.3 Å². The van der Waals surface area contributed by atoms with E-state index in [2.05, 4.69) is 31.6 Å². The summed E-state index contributed by atoms with van der Waals surface area (Å²) < 4.78 is 12.3. The van der Waals surface area contributed by atoms with Crippen molar-refractivity contribution in [2.45, 2.75) is 42.9 Å². The molecule has 5 unspecified atom stereocenters. The summed E-state index contributed by atoms with van der Waals surface area (Å²) >= 11 is 5.27. The summed E-state index contributed by atoms with van der Waals surface area (Å²) in [5.74, 6) is 1.04. The standard InChI is InChI=1S/C19H24BrN3O3S/c1-25-12-3-4-15(20)13(7-12)19(24)22-9-18-23-11-2-5-16(26-18)14(6-11)17-8-21-10-27-17/h3-4,7,10-11,14,16-18,23H,2,5-6,8-9H2,1H3,(H,22,24). The summed E-state index contributed by atoms with van der Waals surface area (Å²) in [6, 6.07) is 5.82. The first kappa shape index (κ1) is 19.2. The molecule has 5 atom stereocenters. The molecule has 1 aromatic rings. The van der Waals surface area contributed by atoms with Gasteiger partial charge in [-0.25, -0.2) is 0 Å². The van der Waals surface area contributed by atoms with Gasteiger partial charge in [-0.3, -0.25) is 15.1 Å². The molecule has 1 saturated carbocycles. The average Bonchev–Trinajstić information content (AvgIpc) is 3.07. The molecule has 8 heteroatoms. The van der Waals surface area contributed by atoms with Gasteiger partial charge in [0.05, 0.1) is 37.4 Å². The van der Waals surface area contributed by atoms with Gasteiger partial charge < -0.3 is 14.8 Å². The molecule has 6 nitrogen and oxygen atoms in total. The maximum atomic E-state index is 12.6. The van der Waals surface area contributed by atoms with Crippen molar-refractivity contribution in [3.63, 3.8) is 0 Å². The highest BCUT2D eigenvalue weighted by Crippen LogP contribution is 2.38. The number of carbonyl (C=O) groups is 1. The Kier molecular flexibility index (Phi) is 6.06. The van der Waals surface area contributed by atoms with Crippen molar-refractivity contribution < 1.29 is 14.3 Å². The van der Waals surface area contributed by atoms with Crippen molar-refractivity contribution in [3.8, 4) is 5.75 Å². The SMILES string of the molecule is COc1ccc(Br)c(C(=O)NCC2NC3CCC(O2)C(C2CN=CS2)C3)c1. The summed E-state index contributed by atoms with van der Waals surface area (Å²) in [6.07, 6.45) is 3.41. The Bertz CT molecular complexity index is 724. The molecule has 2 bridgehead atoms. The Morgan fingerprint density at radius 1 is 1.48 bits per heavy atom. The number of carbonyl (C=O) groups excluding carboxylic acids is 1.